The summed E-state index contributed by atoms with van der Waals surface area (Å²) in [6.07, 6.45) is 4.44. The number of hydrogen-bond acceptors (Lipinski definition) is 9. The van der Waals surface area contributed by atoms with Gasteiger partial charge in [0.1, 0.15) is 23.7 Å². The van der Waals surface area contributed by atoms with Crippen LogP contribution in [-0.4, -0.2) is 74.7 Å². The maximum atomic E-state index is 15.5. The van der Waals surface area contributed by atoms with Crippen LogP contribution in [0.2, 0.25) is 0 Å². The van der Waals surface area contributed by atoms with Crippen molar-refractivity contribution in [2.45, 2.75) is 46.4 Å². The van der Waals surface area contributed by atoms with Gasteiger partial charge in [0.2, 0.25) is 0 Å². The number of likely N-dealkylation sites (N-methyl/N-ethyl adjacent to an activating group) is 1. The summed E-state index contributed by atoms with van der Waals surface area (Å²) in [5.74, 6) is -0.813. The maximum absolute atomic E-state index is 15.5. The van der Waals surface area contributed by atoms with Crippen molar-refractivity contribution in [3.05, 3.63) is 48.2 Å². The van der Waals surface area contributed by atoms with Gasteiger partial charge in [0.25, 0.3) is 0 Å². The molecule has 2 aliphatic heterocycles. The van der Waals surface area contributed by atoms with Gasteiger partial charge in [-0.1, -0.05) is 6.92 Å². The lowest BCUT2D eigenvalue weighted by atomic mass is 10.1. The van der Waals surface area contributed by atoms with E-state index in [0.717, 1.165) is 45.0 Å². The zero-order valence-electron chi connectivity index (χ0n) is 21.7. The normalized spacial score (nSPS) is 18.2. The highest BCUT2D eigenvalue weighted by molar-refractivity contribution is 5.82. The standard InChI is InChI=1S/C26H33F2N9/c1-5-35-6-8-36(9-7-35)14-19-12-30-22(13-29-19)34-26-23(28)24(31-15-32-26)18-10-20(27)25-21(11-18)37(16(2)3)17(4)33-25/h10-13,15-17,33H,5-9,14H2,1-4H3,(H,30,31,32,34). The third-order valence-corrected chi connectivity index (χ3v) is 6.99. The van der Waals surface area contributed by atoms with Crippen molar-refractivity contribution in [2.24, 2.45) is 0 Å². The van der Waals surface area contributed by atoms with Gasteiger partial charge in [0.05, 0.1) is 35.6 Å². The molecule has 2 aliphatic rings. The Balaban J connectivity index is 1.33. The fourth-order valence-corrected chi connectivity index (χ4v) is 5.06. The Kier molecular flexibility index (Phi) is 7.16. The van der Waals surface area contributed by atoms with Crippen molar-refractivity contribution < 1.29 is 8.78 Å². The van der Waals surface area contributed by atoms with Crippen LogP contribution >= 0.6 is 0 Å². The molecule has 0 bridgehead atoms. The minimum absolute atomic E-state index is 0.0123. The quantitative estimate of drug-likeness (QED) is 0.489. The molecule has 5 rings (SSSR count). The van der Waals surface area contributed by atoms with E-state index in [1.54, 1.807) is 18.5 Å². The number of hydrogen-bond donors (Lipinski definition) is 2. The first-order chi connectivity index (χ1) is 17.8. The molecule has 9 nitrogen and oxygen atoms in total. The highest BCUT2D eigenvalue weighted by Gasteiger charge is 2.31. The Morgan fingerprint density at radius 1 is 1.03 bits per heavy atom. The van der Waals surface area contributed by atoms with E-state index in [0.29, 0.717) is 22.8 Å². The topological polar surface area (TPSA) is 85.3 Å². The highest BCUT2D eigenvalue weighted by atomic mass is 19.1. The Morgan fingerprint density at radius 2 is 1.78 bits per heavy atom. The van der Waals surface area contributed by atoms with E-state index in [9.17, 15) is 4.39 Å². The van der Waals surface area contributed by atoms with E-state index in [-0.39, 0.29) is 23.7 Å². The first-order valence-electron chi connectivity index (χ1n) is 12.8. The van der Waals surface area contributed by atoms with Gasteiger partial charge in [-0.15, -0.1) is 0 Å². The first kappa shape index (κ1) is 25.2. The zero-order chi connectivity index (χ0) is 26.1. The predicted molar refractivity (Wildman–Crippen MR) is 141 cm³/mol. The van der Waals surface area contributed by atoms with Gasteiger partial charge >= 0.3 is 0 Å². The van der Waals surface area contributed by atoms with E-state index < -0.39 is 11.6 Å². The third kappa shape index (κ3) is 5.19. The minimum atomic E-state index is -0.684. The van der Waals surface area contributed by atoms with Gasteiger partial charge in [-0.3, -0.25) is 9.88 Å². The molecule has 3 aromatic rings. The number of benzene rings is 1. The molecule has 2 N–H and O–H groups in total. The zero-order valence-corrected chi connectivity index (χ0v) is 21.7. The molecular weight excluding hydrogens is 476 g/mol. The first-order valence-corrected chi connectivity index (χ1v) is 12.8. The Hall–Kier alpha value is -3.44. The molecule has 1 fully saturated rings. The average Bonchev–Trinajstić information content (AvgIpc) is 3.23. The minimum Gasteiger partial charge on any atom is -0.361 e. The summed E-state index contributed by atoms with van der Waals surface area (Å²) in [5, 5.41) is 6.05. The number of aromatic nitrogens is 4. The largest absolute Gasteiger partial charge is 0.361 e. The number of nitrogens with one attached hydrogen (secondary N) is 2. The molecule has 1 atom stereocenters. The van der Waals surface area contributed by atoms with Gasteiger partial charge in [-0.2, -0.15) is 0 Å². The van der Waals surface area contributed by atoms with E-state index in [2.05, 4.69) is 52.2 Å². The lowest BCUT2D eigenvalue weighted by molar-refractivity contribution is 0.130. The van der Waals surface area contributed by atoms with Crippen LogP contribution in [0.3, 0.4) is 0 Å². The average molecular weight is 510 g/mol. The summed E-state index contributed by atoms with van der Waals surface area (Å²) in [7, 11) is 0. The second-order valence-electron chi connectivity index (χ2n) is 9.79. The number of nitrogens with zero attached hydrogens (tertiary/aromatic N) is 7. The summed E-state index contributed by atoms with van der Waals surface area (Å²) >= 11 is 0. The van der Waals surface area contributed by atoms with E-state index in [1.807, 2.05) is 20.8 Å². The van der Waals surface area contributed by atoms with Crippen LogP contribution < -0.4 is 15.5 Å². The van der Waals surface area contributed by atoms with Gasteiger partial charge in [0.15, 0.2) is 11.6 Å². The molecule has 1 unspecified atom stereocenters. The smallest absolute Gasteiger partial charge is 0.192 e. The van der Waals surface area contributed by atoms with Gasteiger partial charge in [-0.25, -0.2) is 23.7 Å². The number of rotatable bonds is 7. The van der Waals surface area contributed by atoms with Crippen LogP contribution in [0.25, 0.3) is 11.3 Å². The van der Waals surface area contributed by atoms with Crippen LogP contribution in [0.4, 0.5) is 31.8 Å². The van der Waals surface area contributed by atoms with Crippen molar-refractivity contribution in [1.82, 2.24) is 29.7 Å². The summed E-state index contributed by atoms with van der Waals surface area (Å²) < 4.78 is 30.5. The monoisotopic (exact) mass is 509 g/mol. The lowest BCUT2D eigenvalue weighted by Gasteiger charge is -2.33. The summed E-state index contributed by atoms with van der Waals surface area (Å²) in [6.45, 7) is 14.1. The Labute approximate surface area is 216 Å². The fraction of sp³-hybridized carbons (Fsp3) is 0.462. The Bertz CT molecular complexity index is 1240. The summed E-state index contributed by atoms with van der Waals surface area (Å²) in [5.41, 5.74) is 2.30. The molecule has 1 saturated heterocycles. The number of halogens is 2. The fourth-order valence-electron chi connectivity index (χ4n) is 5.06. The molecular formula is C26H33F2N9. The number of piperazine rings is 1. The number of anilines is 4. The highest BCUT2D eigenvalue weighted by Crippen LogP contribution is 2.41. The van der Waals surface area contributed by atoms with Crippen molar-refractivity contribution in [2.75, 3.05) is 48.3 Å². The van der Waals surface area contributed by atoms with Crippen molar-refractivity contribution in [3.63, 3.8) is 0 Å². The van der Waals surface area contributed by atoms with E-state index in [1.165, 1.54) is 12.4 Å². The second kappa shape index (κ2) is 10.5. The number of fused-ring (bicyclic) bond motifs is 1. The lowest BCUT2D eigenvalue weighted by Crippen LogP contribution is -2.45. The molecule has 0 spiro atoms. The van der Waals surface area contributed by atoms with Crippen LogP contribution in [0.15, 0.2) is 30.9 Å². The molecule has 0 radical (unpaired) electrons. The maximum Gasteiger partial charge on any atom is 0.192 e. The van der Waals surface area contributed by atoms with Gasteiger partial charge in [0, 0.05) is 44.3 Å². The van der Waals surface area contributed by atoms with Crippen LogP contribution in [0.1, 0.15) is 33.4 Å². The molecule has 1 aromatic carbocycles. The van der Waals surface area contributed by atoms with Crippen molar-refractivity contribution in [3.8, 4) is 11.3 Å². The third-order valence-electron chi connectivity index (χ3n) is 6.99. The molecule has 11 heteroatoms. The molecule has 2 aromatic heterocycles. The second-order valence-corrected chi connectivity index (χ2v) is 9.79. The van der Waals surface area contributed by atoms with Crippen LogP contribution in [0, 0.1) is 11.6 Å². The van der Waals surface area contributed by atoms with Crippen molar-refractivity contribution in [1.29, 1.82) is 0 Å². The summed E-state index contributed by atoms with van der Waals surface area (Å²) in [6, 6.07) is 3.19. The van der Waals surface area contributed by atoms with Crippen molar-refractivity contribution >= 4 is 23.0 Å². The van der Waals surface area contributed by atoms with Gasteiger partial charge < -0.3 is 20.4 Å². The summed E-state index contributed by atoms with van der Waals surface area (Å²) in [4.78, 5) is 23.9. The van der Waals surface area contributed by atoms with Gasteiger partial charge in [-0.05, 0) is 39.4 Å². The molecule has 196 valence electrons. The predicted octanol–water partition coefficient (Wildman–Crippen LogP) is 4.08. The molecule has 0 saturated carbocycles. The van der Waals surface area contributed by atoms with E-state index in [4.69, 9.17) is 0 Å². The Morgan fingerprint density at radius 3 is 2.46 bits per heavy atom. The molecule has 0 amide bonds. The molecule has 37 heavy (non-hydrogen) atoms. The van der Waals surface area contributed by atoms with Crippen LogP contribution in [-0.2, 0) is 6.54 Å². The molecule has 0 aliphatic carbocycles. The molecule has 4 heterocycles. The van der Waals surface area contributed by atoms with Crippen LogP contribution in [0.5, 0.6) is 0 Å². The SMILES string of the molecule is CCN1CCN(Cc2cnc(Nc3ncnc(-c4cc(F)c5c(c4)N(C(C)C)C(C)N5)c3F)cn2)CC1. The van der Waals surface area contributed by atoms with E-state index >= 15 is 4.39 Å².